The quantitative estimate of drug-likeness (QED) is 0.466. The number of ether oxygens (including phenoxy) is 1. The third-order valence-corrected chi connectivity index (χ3v) is 2.89. The van der Waals surface area contributed by atoms with Gasteiger partial charge in [0.1, 0.15) is 0 Å². The monoisotopic (exact) mass is 242 g/mol. The largest absolute Gasteiger partial charge is 0.381 e. The average Bonchev–Trinajstić information content (AvgIpc) is 2.35. The molecule has 0 unspecified atom stereocenters. The summed E-state index contributed by atoms with van der Waals surface area (Å²) in [6.45, 7) is 10.3. The molecule has 1 radical (unpaired) electrons. The van der Waals surface area contributed by atoms with Crippen LogP contribution in [0.4, 0.5) is 0 Å². The number of rotatable bonds is 14. The Kier molecular flexibility index (Phi) is 15.8. The van der Waals surface area contributed by atoms with Gasteiger partial charge in [0.25, 0.3) is 0 Å². The summed E-state index contributed by atoms with van der Waals surface area (Å²) < 4.78 is 5.55. The molecule has 0 rings (SSSR count). The van der Waals surface area contributed by atoms with Gasteiger partial charge in [0, 0.05) is 13.2 Å². The maximum atomic E-state index is 5.55. The van der Waals surface area contributed by atoms with Crippen LogP contribution >= 0.6 is 0 Å². The molecule has 0 spiro atoms. The lowest BCUT2D eigenvalue weighted by molar-refractivity contribution is 0.126. The minimum absolute atomic E-state index is 0.921. The molecule has 0 saturated heterocycles. The molecule has 0 aromatic rings. The van der Waals surface area contributed by atoms with Gasteiger partial charge in [0.05, 0.1) is 0 Å². The summed E-state index contributed by atoms with van der Waals surface area (Å²) in [6, 6.07) is 0. The summed E-state index contributed by atoms with van der Waals surface area (Å²) in [5, 5.41) is 3.49. The highest BCUT2D eigenvalue weighted by Gasteiger charge is 1.92. The summed E-state index contributed by atoms with van der Waals surface area (Å²) in [7, 11) is 0. The second-order valence-corrected chi connectivity index (χ2v) is 4.69. The van der Waals surface area contributed by atoms with E-state index in [4.69, 9.17) is 4.74 Å². The van der Waals surface area contributed by atoms with Gasteiger partial charge in [-0.25, -0.2) is 0 Å². The van der Waals surface area contributed by atoms with Crippen LogP contribution in [0.2, 0.25) is 0 Å². The van der Waals surface area contributed by atoms with Gasteiger partial charge in [-0.3, -0.25) is 0 Å². The van der Waals surface area contributed by atoms with Crippen LogP contribution in [0, 0.1) is 6.92 Å². The standard InChI is InChI=1S/C15H32NO/c1-3-5-8-12-16-13-9-7-11-15-17-14-10-6-4-2/h16H,2-15H2,1H3. The van der Waals surface area contributed by atoms with Crippen molar-refractivity contribution in [3.63, 3.8) is 0 Å². The van der Waals surface area contributed by atoms with E-state index in [-0.39, 0.29) is 0 Å². The summed E-state index contributed by atoms with van der Waals surface area (Å²) in [5.41, 5.74) is 0. The van der Waals surface area contributed by atoms with Gasteiger partial charge in [-0.05, 0) is 45.2 Å². The summed E-state index contributed by atoms with van der Waals surface area (Å²) in [4.78, 5) is 0. The van der Waals surface area contributed by atoms with E-state index in [2.05, 4.69) is 19.2 Å². The topological polar surface area (TPSA) is 21.3 Å². The zero-order valence-electron chi connectivity index (χ0n) is 11.8. The van der Waals surface area contributed by atoms with E-state index in [9.17, 15) is 0 Å². The molecule has 0 aliphatic carbocycles. The smallest absolute Gasteiger partial charge is 0.0466 e. The Morgan fingerprint density at radius 2 is 1.47 bits per heavy atom. The third kappa shape index (κ3) is 15.9. The Labute approximate surface area is 109 Å². The summed E-state index contributed by atoms with van der Waals surface area (Å²) >= 11 is 0. The number of nitrogens with one attached hydrogen (secondary N) is 1. The first kappa shape index (κ1) is 16.9. The molecule has 0 fully saturated rings. The van der Waals surface area contributed by atoms with Crippen LogP contribution < -0.4 is 5.32 Å². The highest BCUT2D eigenvalue weighted by Crippen LogP contribution is 1.98. The fraction of sp³-hybridized carbons (Fsp3) is 0.933. The van der Waals surface area contributed by atoms with Gasteiger partial charge in [-0.1, -0.05) is 39.5 Å². The minimum Gasteiger partial charge on any atom is -0.381 e. The first-order valence-corrected chi connectivity index (χ1v) is 7.49. The second kappa shape index (κ2) is 15.9. The normalized spacial score (nSPS) is 10.9. The Morgan fingerprint density at radius 1 is 0.824 bits per heavy atom. The van der Waals surface area contributed by atoms with Gasteiger partial charge in [0.2, 0.25) is 0 Å². The molecule has 0 aliphatic heterocycles. The fourth-order valence-electron chi connectivity index (χ4n) is 1.74. The van der Waals surface area contributed by atoms with Gasteiger partial charge >= 0.3 is 0 Å². The van der Waals surface area contributed by atoms with Gasteiger partial charge in [-0.2, -0.15) is 0 Å². The van der Waals surface area contributed by atoms with Crippen molar-refractivity contribution >= 4 is 0 Å². The van der Waals surface area contributed by atoms with E-state index in [0.717, 1.165) is 19.6 Å². The van der Waals surface area contributed by atoms with Gasteiger partial charge < -0.3 is 10.1 Å². The predicted octanol–water partition coefficient (Wildman–Crippen LogP) is 3.96. The first-order valence-electron chi connectivity index (χ1n) is 7.49. The Hall–Kier alpha value is -0.0800. The SMILES string of the molecule is [CH2]CCCCOCCCCCNCCCCC. The highest BCUT2D eigenvalue weighted by molar-refractivity contribution is 4.49. The van der Waals surface area contributed by atoms with Crippen molar-refractivity contribution in [1.82, 2.24) is 5.32 Å². The van der Waals surface area contributed by atoms with E-state index in [1.807, 2.05) is 0 Å². The molecule has 2 nitrogen and oxygen atoms in total. The molecule has 1 N–H and O–H groups in total. The number of hydrogen-bond acceptors (Lipinski definition) is 2. The third-order valence-electron chi connectivity index (χ3n) is 2.89. The van der Waals surface area contributed by atoms with E-state index in [0.29, 0.717) is 0 Å². The van der Waals surface area contributed by atoms with E-state index in [1.165, 1.54) is 64.5 Å². The molecule has 0 heterocycles. The van der Waals surface area contributed by atoms with Crippen molar-refractivity contribution in [2.45, 2.75) is 64.7 Å². The fourth-order valence-corrected chi connectivity index (χ4v) is 1.74. The number of unbranched alkanes of at least 4 members (excludes halogenated alkanes) is 6. The van der Waals surface area contributed by atoms with Gasteiger partial charge in [-0.15, -0.1) is 0 Å². The number of hydrogen-bond donors (Lipinski definition) is 1. The molecule has 2 heteroatoms. The summed E-state index contributed by atoms with van der Waals surface area (Å²) in [5.74, 6) is 0. The Morgan fingerprint density at radius 3 is 2.12 bits per heavy atom. The van der Waals surface area contributed by atoms with Crippen molar-refractivity contribution < 1.29 is 4.74 Å². The van der Waals surface area contributed by atoms with E-state index >= 15 is 0 Å². The molecule has 0 aromatic heterocycles. The Balaban J connectivity index is 2.85. The van der Waals surface area contributed by atoms with Crippen molar-refractivity contribution in [2.75, 3.05) is 26.3 Å². The van der Waals surface area contributed by atoms with Crippen molar-refractivity contribution in [3.8, 4) is 0 Å². The van der Waals surface area contributed by atoms with Crippen LogP contribution in [0.5, 0.6) is 0 Å². The molecule has 0 atom stereocenters. The maximum absolute atomic E-state index is 5.55. The summed E-state index contributed by atoms with van der Waals surface area (Å²) in [6.07, 6.45) is 11.2. The lowest BCUT2D eigenvalue weighted by Gasteiger charge is -2.05. The molecule has 0 saturated carbocycles. The van der Waals surface area contributed by atoms with Crippen molar-refractivity contribution in [3.05, 3.63) is 6.92 Å². The molecule has 103 valence electrons. The zero-order valence-corrected chi connectivity index (χ0v) is 11.8. The molecule has 0 aromatic carbocycles. The second-order valence-electron chi connectivity index (χ2n) is 4.69. The van der Waals surface area contributed by atoms with Crippen LogP contribution in [0.15, 0.2) is 0 Å². The molecule has 17 heavy (non-hydrogen) atoms. The molecule has 0 amide bonds. The van der Waals surface area contributed by atoms with Crippen LogP contribution in [-0.2, 0) is 4.74 Å². The molecular formula is C15H32NO. The maximum Gasteiger partial charge on any atom is 0.0466 e. The Bertz CT molecular complexity index is 114. The van der Waals surface area contributed by atoms with Crippen LogP contribution in [0.3, 0.4) is 0 Å². The first-order chi connectivity index (χ1) is 8.41. The van der Waals surface area contributed by atoms with Crippen molar-refractivity contribution in [2.24, 2.45) is 0 Å². The van der Waals surface area contributed by atoms with E-state index < -0.39 is 0 Å². The lowest BCUT2D eigenvalue weighted by Crippen LogP contribution is -2.16. The average molecular weight is 242 g/mol. The van der Waals surface area contributed by atoms with E-state index in [1.54, 1.807) is 0 Å². The van der Waals surface area contributed by atoms with Crippen LogP contribution in [0.25, 0.3) is 0 Å². The van der Waals surface area contributed by atoms with Crippen LogP contribution in [-0.4, -0.2) is 26.3 Å². The van der Waals surface area contributed by atoms with Gasteiger partial charge in [0.15, 0.2) is 0 Å². The predicted molar refractivity (Wildman–Crippen MR) is 76.3 cm³/mol. The highest BCUT2D eigenvalue weighted by atomic mass is 16.5. The van der Waals surface area contributed by atoms with Crippen molar-refractivity contribution in [1.29, 1.82) is 0 Å². The van der Waals surface area contributed by atoms with Crippen LogP contribution in [0.1, 0.15) is 64.7 Å². The lowest BCUT2D eigenvalue weighted by atomic mass is 10.2. The molecular weight excluding hydrogens is 210 g/mol. The minimum atomic E-state index is 0.921. The zero-order chi connectivity index (χ0) is 12.6. The molecule has 0 aliphatic rings. The molecule has 0 bridgehead atoms.